The van der Waals surface area contributed by atoms with Gasteiger partial charge in [-0.25, -0.2) is 0 Å². The van der Waals surface area contributed by atoms with Crippen LogP contribution in [0.5, 0.6) is 0 Å². The van der Waals surface area contributed by atoms with Gasteiger partial charge in [0, 0.05) is 48.6 Å². The van der Waals surface area contributed by atoms with Gasteiger partial charge in [-0.1, -0.05) is 48.5 Å². The number of likely N-dealkylation sites (N-methyl/N-ethyl adjacent to an activating group) is 1. The molecular formula is C25H28ClN5O2S. The smallest absolute Gasteiger partial charge is 0.233 e. The maximum Gasteiger partial charge on any atom is 0.233 e. The van der Waals surface area contributed by atoms with Crippen molar-refractivity contribution in [1.82, 2.24) is 24.6 Å². The van der Waals surface area contributed by atoms with Crippen LogP contribution in [0, 0.1) is 0 Å². The third-order valence-electron chi connectivity index (χ3n) is 6.35. The minimum absolute atomic E-state index is 0.0434. The molecule has 0 radical (unpaired) electrons. The molecule has 1 fully saturated rings. The Kier molecular flexibility index (Phi) is 7.68. The Labute approximate surface area is 208 Å². The molecule has 0 aliphatic heterocycles. The number of pyridine rings is 1. The number of carbonyl (C=O) groups is 2. The third kappa shape index (κ3) is 4.61. The molecule has 34 heavy (non-hydrogen) atoms. The molecule has 0 bridgehead atoms. The Morgan fingerprint density at radius 1 is 1.18 bits per heavy atom. The van der Waals surface area contributed by atoms with Crippen LogP contribution >= 0.6 is 23.4 Å². The van der Waals surface area contributed by atoms with Gasteiger partial charge in [0.15, 0.2) is 16.8 Å². The molecule has 1 aliphatic rings. The molecule has 9 heteroatoms. The van der Waals surface area contributed by atoms with E-state index >= 15 is 0 Å². The van der Waals surface area contributed by atoms with Crippen LogP contribution in [0.15, 0.2) is 53.9 Å². The van der Waals surface area contributed by atoms with E-state index in [1.165, 1.54) is 11.8 Å². The second-order valence-corrected chi connectivity index (χ2v) is 9.76. The fourth-order valence-corrected chi connectivity index (χ4v) is 5.77. The average Bonchev–Trinajstić information content (AvgIpc) is 3.26. The predicted molar refractivity (Wildman–Crippen MR) is 134 cm³/mol. The summed E-state index contributed by atoms with van der Waals surface area (Å²) >= 11 is 7.87. The molecule has 1 amide bonds. The fourth-order valence-electron chi connectivity index (χ4n) is 4.60. The summed E-state index contributed by atoms with van der Waals surface area (Å²) in [7, 11) is 1.72. The summed E-state index contributed by atoms with van der Waals surface area (Å²) in [5.74, 6) is 0.801. The van der Waals surface area contributed by atoms with Gasteiger partial charge < -0.3 is 9.47 Å². The van der Waals surface area contributed by atoms with Gasteiger partial charge in [-0.15, -0.1) is 10.2 Å². The molecule has 4 rings (SSSR count). The predicted octanol–water partition coefficient (Wildman–Crippen LogP) is 4.99. The van der Waals surface area contributed by atoms with E-state index in [0.29, 0.717) is 28.6 Å². The molecule has 2 aromatic heterocycles. The minimum atomic E-state index is -1.03. The summed E-state index contributed by atoms with van der Waals surface area (Å²) in [4.78, 5) is 32.4. The summed E-state index contributed by atoms with van der Waals surface area (Å²) in [6, 6.07) is 11.1. The van der Waals surface area contributed by atoms with Crippen molar-refractivity contribution in [3.63, 3.8) is 0 Å². The number of ketones is 1. The van der Waals surface area contributed by atoms with Crippen molar-refractivity contribution >= 4 is 35.1 Å². The van der Waals surface area contributed by atoms with Crippen molar-refractivity contribution in [1.29, 1.82) is 0 Å². The van der Waals surface area contributed by atoms with E-state index < -0.39 is 5.54 Å². The van der Waals surface area contributed by atoms with Crippen LogP contribution < -0.4 is 0 Å². The molecule has 3 aromatic rings. The van der Waals surface area contributed by atoms with Gasteiger partial charge in [0.1, 0.15) is 5.54 Å². The molecule has 1 saturated carbocycles. The zero-order valence-electron chi connectivity index (χ0n) is 19.4. The molecule has 0 N–H and O–H groups in total. The van der Waals surface area contributed by atoms with Gasteiger partial charge in [-0.3, -0.25) is 14.6 Å². The van der Waals surface area contributed by atoms with Gasteiger partial charge in [0.05, 0.1) is 5.75 Å². The number of hydrogen-bond donors (Lipinski definition) is 0. The number of rotatable bonds is 8. The van der Waals surface area contributed by atoms with Crippen LogP contribution in [-0.4, -0.2) is 49.1 Å². The van der Waals surface area contributed by atoms with Gasteiger partial charge in [0.2, 0.25) is 5.91 Å². The van der Waals surface area contributed by atoms with Gasteiger partial charge >= 0.3 is 0 Å². The summed E-state index contributed by atoms with van der Waals surface area (Å²) < 4.78 is 2.03. The monoisotopic (exact) mass is 497 g/mol. The first-order valence-corrected chi connectivity index (χ1v) is 12.9. The molecule has 0 unspecified atom stereocenters. The average molecular weight is 498 g/mol. The number of amides is 1. The van der Waals surface area contributed by atoms with Crippen LogP contribution in [0.1, 0.15) is 44.6 Å². The maximum absolute atomic E-state index is 13.4. The lowest BCUT2D eigenvalue weighted by Gasteiger charge is -2.44. The van der Waals surface area contributed by atoms with E-state index in [0.717, 1.165) is 37.2 Å². The largest absolute Gasteiger partial charge is 0.328 e. The second-order valence-electron chi connectivity index (χ2n) is 8.41. The zero-order chi connectivity index (χ0) is 24.1. The molecule has 0 spiro atoms. The van der Waals surface area contributed by atoms with Crippen molar-refractivity contribution in [2.75, 3.05) is 12.8 Å². The highest BCUT2D eigenvalue weighted by atomic mass is 35.5. The Bertz CT molecular complexity index is 1170. The molecule has 1 aliphatic carbocycles. The highest BCUT2D eigenvalue weighted by Gasteiger charge is 2.47. The molecule has 178 valence electrons. The quantitative estimate of drug-likeness (QED) is 0.408. The van der Waals surface area contributed by atoms with E-state index in [1.807, 2.05) is 34.9 Å². The third-order valence-corrected chi connectivity index (χ3v) is 7.63. The van der Waals surface area contributed by atoms with Crippen molar-refractivity contribution < 1.29 is 9.59 Å². The fraction of sp³-hybridized carbons (Fsp3) is 0.400. The Balaban J connectivity index is 1.58. The van der Waals surface area contributed by atoms with Crippen LogP contribution in [-0.2, 0) is 21.7 Å². The normalized spacial score (nSPS) is 18.1. The first kappa shape index (κ1) is 24.4. The minimum Gasteiger partial charge on any atom is -0.328 e. The highest BCUT2D eigenvalue weighted by molar-refractivity contribution is 7.99. The summed E-state index contributed by atoms with van der Waals surface area (Å²) in [6.45, 7) is 2.82. The molecule has 1 atom stereocenters. The lowest BCUT2D eigenvalue weighted by molar-refractivity contribution is -0.146. The first-order chi connectivity index (χ1) is 16.5. The SMILES string of the molecule is CCCn1c(SCC(=O)N(C)[C@]2(c3ccccc3Cl)CCCCC2=O)nnc1-c1ccncc1. The van der Waals surface area contributed by atoms with Crippen LogP contribution in [0.4, 0.5) is 0 Å². The standard InChI is InChI=1S/C25H28ClN5O2S/c1-3-16-31-23(18-11-14-27-15-12-18)28-29-24(31)34-17-22(33)30(2)25(13-7-6-10-21(25)32)19-8-4-5-9-20(19)26/h4-5,8-9,11-12,14-15H,3,6-7,10,13,16-17H2,1-2H3/t25-/m0/s1. The summed E-state index contributed by atoms with van der Waals surface area (Å²) in [5, 5.41) is 9.91. The number of benzene rings is 1. The number of aromatic nitrogens is 4. The Morgan fingerprint density at radius 3 is 2.65 bits per heavy atom. The lowest BCUT2D eigenvalue weighted by atomic mass is 9.74. The van der Waals surface area contributed by atoms with E-state index in [9.17, 15) is 9.59 Å². The highest BCUT2D eigenvalue weighted by Crippen LogP contribution is 2.42. The summed E-state index contributed by atoms with van der Waals surface area (Å²) in [6.07, 6.45) is 7.06. The van der Waals surface area contributed by atoms with Crippen LogP contribution in [0.2, 0.25) is 5.02 Å². The van der Waals surface area contributed by atoms with Crippen molar-refractivity contribution in [3.8, 4) is 11.4 Å². The zero-order valence-corrected chi connectivity index (χ0v) is 21.0. The van der Waals surface area contributed by atoms with Crippen molar-refractivity contribution in [2.45, 2.75) is 56.3 Å². The van der Waals surface area contributed by atoms with Gasteiger partial charge in [-0.2, -0.15) is 0 Å². The molecule has 0 saturated heterocycles. The molecule has 2 heterocycles. The van der Waals surface area contributed by atoms with Crippen molar-refractivity contribution in [2.24, 2.45) is 0 Å². The first-order valence-electron chi connectivity index (χ1n) is 11.5. The molecule has 7 nitrogen and oxygen atoms in total. The Morgan fingerprint density at radius 2 is 1.94 bits per heavy atom. The van der Waals surface area contributed by atoms with Crippen LogP contribution in [0.25, 0.3) is 11.4 Å². The topological polar surface area (TPSA) is 81.0 Å². The number of carbonyl (C=O) groups excluding carboxylic acids is 2. The number of halogens is 1. The second kappa shape index (κ2) is 10.7. The molecule has 1 aromatic carbocycles. The van der Waals surface area contributed by atoms with E-state index in [4.69, 9.17) is 11.6 Å². The number of hydrogen-bond acceptors (Lipinski definition) is 6. The molecular weight excluding hydrogens is 470 g/mol. The number of thioether (sulfide) groups is 1. The van der Waals surface area contributed by atoms with Gasteiger partial charge in [-0.05, 0) is 43.9 Å². The van der Waals surface area contributed by atoms with Gasteiger partial charge in [0.25, 0.3) is 0 Å². The van der Waals surface area contributed by atoms with E-state index in [1.54, 1.807) is 30.4 Å². The summed E-state index contributed by atoms with van der Waals surface area (Å²) in [5.41, 5.74) is 0.598. The van der Waals surface area contributed by atoms with E-state index in [2.05, 4.69) is 22.1 Å². The van der Waals surface area contributed by atoms with Crippen LogP contribution in [0.3, 0.4) is 0 Å². The van der Waals surface area contributed by atoms with Crippen molar-refractivity contribution in [3.05, 3.63) is 59.4 Å². The number of nitrogens with zero attached hydrogens (tertiary/aromatic N) is 5. The number of Topliss-reactive ketones (excluding diaryl/α,β-unsaturated/α-hetero) is 1. The lowest BCUT2D eigenvalue weighted by Crippen LogP contribution is -2.54. The van der Waals surface area contributed by atoms with E-state index in [-0.39, 0.29) is 17.4 Å². The maximum atomic E-state index is 13.4. The Hall–Kier alpha value is -2.71.